The van der Waals surface area contributed by atoms with Crippen molar-refractivity contribution in [1.82, 2.24) is 15.2 Å². The summed E-state index contributed by atoms with van der Waals surface area (Å²) in [6.07, 6.45) is 0. The number of fused-ring (bicyclic) bond motifs is 1. The summed E-state index contributed by atoms with van der Waals surface area (Å²) in [7, 11) is -2.26. The highest BCUT2D eigenvalue weighted by atomic mass is 32.2. The second-order valence-electron chi connectivity index (χ2n) is 7.71. The van der Waals surface area contributed by atoms with Crippen LogP contribution in [0.15, 0.2) is 65.6 Å². The summed E-state index contributed by atoms with van der Waals surface area (Å²) in [6.45, 7) is 1.73. The van der Waals surface area contributed by atoms with Crippen LogP contribution in [0.4, 0.5) is 10.8 Å². The topological polar surface area (TPSA) is 137 Å². The van der Waals surface area contributed by atoms with Crippen molar-refractivity contribution in [2.45, 2.75) is 11.8 Å². The number of ketones is 1. The number of thiophene rings is 1. The lowest BCUT2D eigenvalue weighted by Crippen LogP contribution is -2.13. The number of anilines is 2. The number of sulfonamides is 1. The Labute approximate surface area is 214 Å². The van der Waals surface area contributed by atoms with Crippen molar-refractivity contribution in [2.75, 3.05) is 17.6 Å². The van der Waals surface area contributed by atoms with Gasteiger partial charge in [0.25, 0.3) is 10.0 Å². The van der Waals surface area contributed by atoms with E-state index in [4.69, 9.17) is 15.5 Å². The maximum Gasteiger partial charge on any atom is 0.263 e. The number of nitrogens with zero attached hydrogens (tertiary/aromatic N) is 3. The summed E-state index contributed by atoms with van der Waals surface area (Å²) in [4.78, 5) is 18.9. The summed E-state index contributed by atoms with van der Waals surface area (Å²) >= 11 is 2.33. The van der Waals surface area contributed by atoms with Crippen LogP contribution in [-0.4, -0.2) is 36.5 Å². The summed E-state index contributed by atoms with van der Waals surface area (Å²) in [5, 5.41) is 9.08. The van der Waals surface area contributed by atoms with Gasteiger partial charge in [0.2, 0.25) is 10.9 Å². The van der Waals surface area contributed by atoms with Gasteiger partial charge in [-0.05, 0) is 67.6 Å². The molecule has 0 aliphatic rings. The molecule has 182 valence electrons. The van der Waals surface area contributed by atoms with Crippen LogP contribution in [0.25, 0.3) is 21.5 Å². The smallest absolute Gasteiger partial charge is 0.263 e. The number of rotatable bonds is 7. The normalized spacial score (nSPS) is 11.5. The van der Waals surface area contributed by atoms with Gasteiger partial charge >= 0.3 is 0 Å². The van der Waals surface area contributed by atoms with Crippen LogP contribution in [-0.2, 0) is 10.0 Å². The molecule has 3 aromatic heterocycles. The molecular weight excluding hydrogens is 518 g/mol. The number of benzene rings is 2. The minimum Gasteiger partial charge on any atom is -0.497 e. The second kappa shape index (κ2) is 9.30. The van der Waals surface area contributed by atoms with Gasteiger partial charge < -0.3 is 10.5 Å². The molecule has 2 aromatic carbocycles. The van der Waals surface area contributed by atoms with Gasteiger partial charge in [0.05, 0.1) is 23.4 Å². The van der Waals surface area contributed by atoms with E-state index >= 15 is 0 Å². The van der Waals surface area contributed by atoms with Crippen LogP contribution in [0.5, 0.6) is 5.75 Å². The molecule has 12 heteroatoms. The standard InChI is InChI=1S/C24H19N5O4S3/c1-13-27-28-24(34-13)29-36(31,32)17-9-5-15(6-10-17)21(30)22-20(25)18-11-12-19(26-23(18)35-22)14-3-7-16(33-2)8-4-14/h3-12H,25H2,1-2H3,(H,28,29). The summed E-state index contributed by atoms with van der Waals surface area (Å²) in [5.74, 6) is 0.441. The Hall–Kier alpha value is -3.87. The van der Waals surface area contributed by atoms with E-state index in [1.807, 2.05) is 36.4 Å². The Morgan fingerprint density at radius 1 is 0.972 bits per heavy atom. The summed E-state index contributed by atoms with van der Waals surface area (Å²) in [5.41, 5.74) is 8.62. The van der Waals surface area contributed by atoms with Gasteiger partial charge in [0.15, 0.2) is 0 Å². The van der Waals surface area contributed by atoms with Crippen molar-refractivity contribution in [3.63, 3.8) is 0 Å². The molecule has 0 amide bonds. The SMILES string of the molecule is COc1ccc(-c2ccc3c(N)c(C(=O)c4ccc(S(=O)(=O)Nc5nnc(C)s5)cc4)sc3n2)cc1. The number of methoxy groups -OCH3 is 1. The molecule has 3 N–H and O–H groups in total. The Kier molecular flexibility index (Phi) is 6.16. The third-order valence-corrected chi connectivity index (χ3v) is 8.71. The molecule has 5 aromatic rings. The van der Waals surface area contributed by atoms with Crippen molar-refractivity contribution in [1.29, 1.82) is 0 Å². The van der Waals surface area contributed by atoms with Crippen molar-refractivity contribution in [3.05, 3.63) is 76.1 Å². The fourth-order valence-corrected chi connectivity index (χ4v) is 6.39. The first kappa shape index (κ1) is 23.9. The molecule has 0 aliphatic carbocycles. The van der Waals surface area contributed by atoms with Crippen LogP contribution in [0, 0.1) is 6.92 Å². The zero-order valence-electron chi connectivity index (χ0n) is 19.1. The van der Waals surface area contributed by atoms with Crippen LogP contribution < -0.4 is 15.2 Å². The zero-order valence-corrected chi connectivity index (χ0v) is 21.5. The van der Waals surface area contributed by atoms with Gasteiger partial charge in [-0.3, -0.25) is 9.52 Å². The van der Waals surface area contributed by atoms with Gasteiger partial charge in [-0.25, -0.2) is 13.4 Å². The van der Waals surface area contributed by atoms with Gasteiger partial charge in [-0.2, -0.15) is 0 Å². The van der Waals surface area contributed by atoms with Crippen molar-refractivity contribution >= 4 is 59.5 Å². The number of nitrogen functional groups attached to an aromatic ring is 1. The molecule has 36 heavy (non-hydrogen) atoms. The first-order chi connectivity index (χ1) is 17.2. The van der Waals surface area contributed by atoms with Crippen molar-refractivity contribution in [2.24, 2.45) is 0 Å². The van der Waals surface area contributed by atoms with Gasteiger partial charge in [-0.15, -0.1) is 21.5 Å². The Morgan fingerprint density at radius 2 is 1.69 bits per heavy atom. The number of nitrogens with one attached hydrogen (secondary N) is 1. The van der Waals surface area contributed by atoms with E-state index in [-0.39, 0.29) is 15.8 Å². The highest BCUT2D eigenvalue weighted by Gasteiger charge is 2.21. The highest BCUT2D eigenvalue weighted by Crippen LogP contribution is 2.36. The van der Waals surface area contributed by atoms with E-state index in [9.17, 15) is 13.2 Å². The number of carbonyl (C=O) groups is 1. The molecule has 0 fully saturated rings. The van der Waals surface area contributed by atoms with Crippen LogP contribution >= 0.6 is 22.7 Å². The van der Waals surface area contributed by atoms with E-state index in [1.54, 1.807) is 14.0 Å². The minimum absolute atomic E-state index is 0.00187. The summed E-state index contributed by atoms with van der Waals surface area (Å²) in [6, 6.07) is 16.9. The fourth-order valence-electron chi connectivity index (χ4n) is 3.52. The van der Waals surface area contributed by atoms with E-state index in [1.165, 1.54) is 35.6 Å². The van der Waals surface area contributed by atoms with Gasteiger partial charge in [0, 0.05) is 16.5 Å². The van der Waals surface area contributed by atoms with E-state index < -0.39 is 10.0 Å². The minimum atomic E-state index is -3.86. The monoisotopic (exact) mass is 537 g/mol. The third kappa shape index (κ3) is 4.53. The molecule has 0 saturated carbocycles. The Balaban J connectivity index is 1.41. The predicted octanol–water partition coefficient (Wildman–Crippen LogP) is 4.75. The number of hydrogen-bond donors (Lipinski definition) is 2. The number of aromatic nitrogens is 3. The quantitative estimate of drug-likeness (QED) is 0.284. The predicted molar refractivity (Wildman–Crippen MR) is 141 cm³/mol. The lowest BCUT2D eigenvalue weighted by Gasteiger charge is -2.06. The number of aryl methyl sites for hydroxylation is 1. The first-order valence-corrected chi connectivity index (χ1v) is 13.7. The highest BCUT2D eigenvalue weighted by molar-refractivity contribution is 7.93. The largest absolute Gasteiger partial charge is 0.497 e. The molecule has 0 spiro atoms. The number of carbonyl (C=O) groups excluding carboxylic acids is 1. The van der Waals surface area contributed by atoms with Crippen LogP contribution in [0.3, 0.4) is 0 Å². The average Bonchev–Trinajstić information content (AvgIpc) is 3.45. The Bertz CT molecular complexity index is 1690. The molecule has 0 unspecified atom stereocenters. The molecule has 3 heterocycles. The van der Waals surface area contributed by atoms with Gasteiger partial charge in [-0.1, -0.05) is 11.3 Å². The molecular formula is C24H19N5O4S3. The van der Waals surface area contributed by atoms with E-state index in [0.29, 0.717) is 31.4 Å². The number of hydrogen-bond acceptors (Lipinski definition) is 10. The maximum absolute atomic E-state index is 13.2. The molecule has 0 bridgehead atoms. The molecule has 5 rings (SSSR count). The van der Waals surface area contributed by atoms with E-state index in [2.05, 4.69) is 14.9 Å². The molecule has 0 aliphatic heterocycles. The van der Waals surface area contributed by atoms with Gasteiger partial charge in [0.1, 0.15) is 20.5 Å². The molecule has 9 nitrogen and oxygen atoms in total. The lowest BCUT2D eigenvalue weighted by atomic mass is 10.1. The maximum atomic E-state index is 13.2. The van der Waals surface area contributed by atoms with E-state index in [0.717, 1.165) is 28.3 Å². The summed E-state index contributed by atoms with van der Waals surface area (Å²) < 4.78 is 32.8. The average molecular weight is 538 g/mol. The molecule has 0 saturated heterocycles. The second-order valence-corrected chi connectivity index (χ2v) is 11.6. The molecule has 0 atom stereocenters. The molecule has 0 radical (unpaired) electrons. The number of nitrogens with two attached hydrogens (primary N) is 1. The zero-order chi connectivity index (χ0) is 25.4. The van der Waals surface area contributed by atoms with Crippen molar-refractivity contribution < 1.29 is 17.9 Å². The number of ether oxygens (including phenoxy) is 1. The Morgan fingerprint density at radius 3 is 2.33 bits per heavy atom. The van der Waals surface area contributed by atoms with Crippen LogP contribution in [0.1, 0.15) is 20.2 Å². The fraction of sp³-hybridized carbons (Fsp3) is 0.0833. The first-order valence-electron chi connectivity index (χ1n) is 10.6. The van der Waals surface area contributed by atoms with Crippen molar-refractivity contribution in [3.8, 4) is 17.0 Å². The third-order valence-electron chi connectivity index (χ3n) is 5.36. The lowest BCUT2D eigenvalue weighted by molar-refractivity contribution is 0.104. The van der Waals surface area contributed by atoms with Crippen LogP contribution in [0.2, 0.25) is 0 Å². The number of pyridine rings is 1.